The van der Waals surface area contributed by atoms with Crippen LogP contribution in [0.25, 0.3) is 5.65 Å². The van der Waals surface area contributed by atoms with Gasteiger partial charge in [0.1, 0.15) is 5.65 Å². The van der Waals surface area contributed by atoms with Gasteiger partial charge in [-0.2, -0.15) is 9.61 Å². The van der Waals surface area contributed by atoms with Crippen LogP contribution in [0.1, 0.15) is 42.6 Å². The number of morpholine rings is 1. The molecule has 10 heteroatoms. The van der Waals surface area contributed by atoms with Crippen LogP contribution in [0.5, 0.6) is 5.88 Å². The normalized spacial score (nSPS) is 17.0. The minimum Gasteiger partial charge on any atom is -0.492 e. The molecule has 1 saturated carbocycles. The summed E-state index contributed by atoms with van der Waals surface area (Å²) in [5.74, 6) is -1.08. The maximum absolute atomic E-state index is 13.2. The SMILES string of the molecule is CC(C)Cn1c(=O)c(C(=O)NC2CC2)c(O)n2ncc(CC(=O)N3CCOCC3)c12. The smallest absolute Gasteiger partial charge is 0.270 e. The first-order valence-electron chi connectivity index (χ1n) is 10.4. The monoisotopic (exact) mass is 417 g/mol. The number of amides is 2. The molecule has 10 nitrogen and oxygen atoms in total. The number of carbonyl (C=O) groups is 2. The van der Waals surface area contributed by atoms with E-state index in [2.05, 4.69) is 10.4 Å². The fraction of sp³-hybridized carbons (Fsp3) is 0.600. The van der Waals surface area contributed by atoms with E-state index in [1.54, 1.807) is 4.90 Å². The van der Waals surface area contributed by atoms with Gasteiger partial charge in [0.05, 0.1) is 25.8 Å². The summed E-state index contributed by atoms with van der Waals surface area (Å²) >= 11 is 0. The quantitative estimate of drug-likeness (QED) is 0.691. The van der Waals surface area contributed by atoms with Crippen molar-refractivity contribution in [2.24, 2.45) is 5.92 Å². The highest BCUT2D eigenvalue weighted by atomic mass is 16.5. The van der Waals surface area contributed by atoms with Crippen LogP contribution < -0.4 is 10.9 Å². The summed E-state index contributed by atoms with van der Waals surface area (Å²) in [6.07, 6.45) is 3.26. The van der Waals surface area contributed by atoms with Crippen molar-refractivity contribution >= 4 is 17.5 Å². The summed E-state index contributed by atoms with van der Waals surface area (Å²) in [4.78, 5) is 40.3. The fourth-order valence-corrected chi connectivity index (χ4v) is 3.68. The molecule has 162 valence electrons. The third-order valence-corrected chi connectivity index (χ3v) is 5.35. The molecule has 0 bridgehead atoms. The zero-order valence-electron chi connectivity index (χ0n) is 17.3. The number of rotatable bonds is 6. The van der Waals surface area contributed by atoms with Gasteiger partial charge in [-0.25, -0.2) is 0 Å². The van der Waals surface area contributed by atoms with Gasteiger partial charge >= 0.3 is 0 Å². The van der Waals surface area contributed by atoms with Crippen LogP contribution in [0.2, 0.25) is 0 Å². The molecule has 2 N–H and O–H groups in total. The number of hydrogen-bond donors (Lipinski definition) is 2. The maximum Gasteiger partial charge on any atom is 0.270 e. The first kappa shape index (κ1) is 20.4. The Morgan fingerprint density at radius 1 is 1.30 bits per heavy atom. The van der Waals surface area contributed by atoms with E-state index in [4.69, 9.17) is 4.74 Å². The van der Waals surface area contributed by atoms with Gasteiger partial charge in [-0.3, -0.25) is 19.0 Å². The first-order valence-corrected chi connectivity index (χ1v) is 10.4. The largest absolute Gasteiger partial charge is 0.492 e. The molecule has 4 rings (SSSR count). The Kier molecular flexibility index (Phi) is 5.50. The van der Waals surface area contributed by atoms with Gasteiger partial charge in [-0.05, 0) is 18.8 Å². The Morgan fingerprint density at radius 2 is 2.00 bits per heavy atom. The zero-order chi connectivity index (χ0) is 21.4. The van der Waals surface area contributed by atoms with Crippen molar-refractivity contribution in [1.82, 2.24) is 24.4 Å². The molecule has 0 atom stereocenters. The van der Waals surface area contributed by atoms with Crippen LogP contribution in [-0.4, -0.2) is 68.3 Å². The summed E-state index contributed by atoms with van der Waals surface area (Å²) in [5, 5.41) is 17.7. The predicted molar refractivity (Wildman–Crippen MR) is 108 cm³/mol. The third kappa shape index (κ3) is 3.91. The summed E-state index contributed by atoms with van der Waals surface area (Å²) in [6, 6.07) is 0.0462. The third-order valence-electron chi connectivity index (χ3n) is 5.35. The number of aromatic nitrogens is 3. The molecule has 2 fully saturated rings. The Morgan fingerprint density at radius 3 is 2.63 bits per heavy atom. The zero-order valence-corrected chi connectivity index (χ0v) is 17.3. The van der Waals surface area contributed by atoms with Crippen molar-refractivity contribution in [2.45, 2.75) is 45.7 Å². The minimum absolute atomic E-state index is 0.0462. The summed E-state index contributed by atoms with van der Waals surface area (Å²) in [5.41, 5.74) is -0.0129. The van der Waals surface area contributed by atoms with E-state index < -0.39 is 17.3 Å². The van der Waals surface area contributed by atoms with E-state index in [1.807, 2.05) is 13.8 Å². The van der Waals surface area contributed by atoms with Gasteiger partial charge in [0.2, 0.25) is 11.8 Å². The summed E-state index contributed by atoms with van der Waals surface area (Å²) in [6.45, 7) is 6.28. The van der Waals surface area contributed by atoms with Gasteiger partial charge < -0.3 is 20.1 Å². The highest BCUT2D eigenvalue weighted by Gasteiger charge is 2.30. The van der Waals surface area contributed by atoms with Crippen LogP contribution >= 0.6 is 0 Å². The number of ether oxygens (including phenoxy) is 1. The number of hydrogen-bond acceptors (Lipinski definition) is 6. The molecule has 0 aromatic carbocycles. The van der Waals surface area contributed by atoms with E-state index in [1.165, 1.54) is 15.3 Å². The van der Waals surface area contributed by atoms with E-state index >= 15 is 0 Å². The molecule has 0 unspecified atom stereocenters. The number of nitrogens with zero attached hydrogens (tertiary/aromatic N) is 4. The molecular formula is C20H27N5O5. The maximum atomic E-state index is 13.2. The minimum atomic E-state index is -0.596. The second-order valence-electron chi connectivity index (χ2n) is 8.33. The van der Waals surface area contributed by atoms with Crippen LogP contribution in [0.3, 0.4) is 0 Å². The average molecular weight is 417 g/mol. The fourth-order valence-electron chi connectivity index (χ4n) is 3.68. The lowest BCUT2D eigenvalue weighted by Gasteiger charge is -2.26. The van der Waals surface area contributed by atoms with Crippen molar-refractivity contribution in [2.75, 3.05) is 26.3 Å². The Hall–Kier alpha value is -2.88. The number of fused-ring (bicyclic) bond motifs is 1. The molecule has 3 heterocycles. The lowest BCUT2D eigenvalue weighted by atomic mass is 10.1. The second kappa shape index (κ2) is 8.10. The Labute approximate surface area is 173 Å². The van der Waals surface area contributed by atoms with Crippen LogP contribution in [0.4, 0.5) is 0 Å². The molecule has 1 aliphatic heterocycles. The van der Waals surface area contributed by atoms with Gasteiger partial charge in [0.15, 0.2) is 5.56 Å². The van der Waals surface area contributed by atoms with Gasteiger partial charge in [0.25, 0.3) is 11.5 Å². The van der Waals surface area contributed by atoms with Crippen molar-refractivity contribution in [3.05, 3.63) is 27.7 Å². The molecule has 2 aromatic heterocycles. The molecule has 2 aromatic rings. The van der Waals surface area contributed by atoms with Gasteiger partial charge in [0, 0.05) is 31.2 Å². The molecule has 2 amide bonds. The van der Waals surface area contributed by atoms with Crippen molar-refractivity contribution in [1.29, 1.82) is 0 Å². The molecule has 1 saturated heterocycles. The van der Waals surface area contributed by atoms with E-state index in [0.717, 1.165) is 12.8 Å². The molecule has 2 aliphatic rings. The van der Waals surface area contributed by atoms with Crippen LogP contribution in [-0.2, 0) is 22.5 Å². The lowest BCUT2D eigenvalue weighted by Crippen LogP contribution is -2.41. The number of aromatic hydroxyl groups is 1. The summed E-state index contributed by atoms with van der Waals surface area (Å²) in [7, 11) is 0. The highest BCUT2D eigenvalue weighted by molar-refractivity contribution is 5.96. The molecule has 30 heavy (non-hydrogen) atoms. The lowest BCUT2D eigenvalue weighted by molar-refractivity contribution is -0.134. The van der Waals surface area contributed by atoms with Crippen molar-refractivity contribution in [3.63, 3.8) is 0 Å². The highest BCUT2D eigenvalue weighted by Crippen LogP contribution is 2.23. The van der Waals surface area contributed by atoms with Crippen LogP contribution in [0.15, 0.2) is 11.0 Å². The molecule has 0 spiro atoms. The van der Waals surface area contributed by atoms with Crippen LogP contribution in [0, 0.1) is 5.92 Å². The number of nitrogens with one attached hydrogen (secondary N) is 1. The average Bonchev–Trinajstić information content (AvgIpc) is 3.43. The Balaban J connectivity index is 1.76. The van der Waals surface area contributed by atoms with E-state index in [0.29, 0.717) is 44.1 Å². The Bertz CT molecular complexity index is 1030. The topological polar surface area (TPSA) is 118 Å². The second-order valence-corrected chi connectivity index (χ2v) is 8.33. The van der Waals surface area contributed by atoms with Gasteiger partial charge in [-0.15, -0.1) is 0 Å². The molecular weight excluding hydrogens is 390 g/mol. The predicted octanol–water partition coefficient (Wildman–Crippen LogP) is 0.151. The van der Waals surface area contributed by atoms with Crippen molar-refractivity contribution < 1.29 is 19.4 Å². The molecule has 1 aliphatic carbocycles. The van der Waals surface area contributed by atoms with Gasteiger partial charge in [-0.1, -0.05) is 13.8 Å². The summed E-state index contributed by atoms with van der Waals surface area (Å²) < 4.78 is 7.92. The van der Waals surface area contributed by atoms with E-state index in [-0.39, 0.29) is 29.9 Å². The van der Waals surface area contributed by atoms with Crippen molar-refractivity contribution in [3.8, 4) is 5.88 Å². The number of carbonyl (C=O) groups excluding carboxylic acids is 2. The van der Waals surface area contributed by atoms with E-state index in [9.17, 15) is 19.5 Å². The molecule has 0 radical (unpaired) electrons. The standard InChI is InChI=1S/C20H27N5O5/c1-12(2)11-24-18-13(9-15(26)23-5-7-30-8-6-23)10-21-25(18)20(29)16(19(24)28)17(27)22-14-3-4-14/h10,12,14,29H,3-9,11H2,1-2H3,(H,22,27). The first-order chi connectivity index (χ1) is 14.4.